The van der Waals surface area contributed by atoms with E-state index in [1.165, 1.54) is 19.2 Å². The van der Waals surface area contributed by atoms with Crippen LogP contribution in [0.5, 0.6) is 5.75 Å². The summed E-state index contributed by atoms with van der Waals surface area (Å²) in [5.41, 5.74) is 2.33. The Kier molecular flexibility index (Phi) is 5.19. The number of hydrogen-bond acceptors (Lipinski definition) is 4. The smallest absolute Gasteiger partial charge is 0.335 e. The van der Waals surface area contributed by atoms with E-state index in [9.17, 15) is 9.59 Å². The molecule has 0 spiro atoms. The minimum Gasteiger partial charge on any atom is -0.495 e. The van der Waals surface area contributed by atoms with Gasteiger partial charge in [-0.1, -0.05) is 12.1 Å². The summed E-state index contributed by atoms with van der Waals surface area (Å²) < 4.78 is 5.23. The van der Waals surface area contributed by atoms with Crippen molar-refractivity contribution in [3.8, 4) is 5.75 Å². The quantitative estimate of drug-likeness (QED) is 0.762. The SMILES string of the molecule is CNC(=O)c1ccc(CNc2cc(C(=O)O)ccc2OC)cc1. The Morgan fingerprint density at radius 1 is 1.09 bits per heavy atom. The van der Waals surface area contributed by atoms with E-state index in [0.717, 1.165) is 5.56 Å². The Morgan fingerprint density at radius 3 is 2.30 bits per heavy atom. The van der Waals surface area contributed by atoms with E-state index in [4.69, 9.17) is 9.84 Å². The molecule has 0 atom stereocenters. The van der Waals surface area contributed by atoms with Crippen LogP contribution in [0.25, 0.3) is 0 Å². The van der Waals surface area contributed by atoms with Gasteiger partial charge in [-0.05, 0) is 35.9 Å². The molecule has 120 valence electrons. The van der Waals surface area contributed by atoms with Gasteiger partial charge < -0.3 is 20.5 Å². The molecular formula is C17H18N2O4. The molecule has 23 heavy (non-hydrogen) atoms. The van der Waals surface area contributed by atoms with Crippen molar-refractivity contribution in [2.24, 2.45) is 0 Å². The number of carboxylic acids is 1. The molecule has 0 fully saturated rings. The number of rotatable bonds is 6. The molecule has 0 heterocycles. The monoisotopic (exact) mass is 314 g/mol. The highest BCUT2D eigenvalue weighted by Crippen LogP contribution is 2.26. The van der Waals surface area contributed by atoms with Crippen molar-refractivity contribution in [2.45, 2.75) is 6.54 Å². The Labute approximate surface area is 134 Å². The number of anilines is 1. The standard InChI is InChI=1S/C17H18N2O4/c1-18-16(20)12-5-3-11(4-6-12)10-19-14-9-13(17(21)22)7-8-15(14)23-2/h3-9,19H,10H2,1-2H3,(H,18,20)(H,21,22). The van der Waals surface area contributed by atoms with Crippen molar-refractivity contribution < 1.29 is 19.4 Å². The second-order valence-electron chi connectivity index (χ2n) is 4.85. The van der Waals surface area contributed by atoms with Gasteiger partial charge in [-0.2, -0.15) is 0 Å². The Morgan fingerprint density at radius 2 is 1.74 bits per heavy atom. The number of carboxylic acid groups (broad SMARTS) is 1. The van der Waals surface area contributed by atoms with E-state index in [-0.39, 0.29) is 11.5 Å². The second-order valence-corrected chi connectivity index (χ2v) is 4.85. The maximum atomic E-state index is 11.5. The van der Waals surface area contributed by atoms with Gasteiger partial charge in [-0.3, -0.25) is 4.79 Å². The molecule has 0 bridgehead atoms. The molecule has 6 heteroatoms. The van der Waals surface area contributed by atoms with Gasteiger partial charge in [0.2, 0.25) is 0 Å². The second kappa shape index (κ2) is 7.31. The molecule has 0 radical (unpaired) electrons. The first kappa shape index (κ1) is 16.4. The highest BCUT2D eigenvalue weighted by atomic mass is 16.5. The largest absolute Gasteiger partial charge is 0.495 e. The van der Waals surface area contributed by atoms with Gasteiger partial charge in [0.1, 0.15) is 5.75 Å². The molecule has 0 saturated carbocycles. The molecule has 2 rings (SSSR count). The average Bonchev–Trinajstić information content (AvgIpc) is 2.59. The lowest BCUT2D eigenvalue weighted by atomic mass is 10.1. The van der Waals surface area contributed by atoms with Crippen molar-refractivity contribution >= 4 is 17.6 Å². The number of carbonyl (C=O) groups excluding carboxylic acids is 1. The molecule has 0 unspecified atom stereocenters. The lowest BCUT2D eigenvalue weighted by Gasteiger charge is -2.12. The fourth-order valence-electron chi connectivity index (χ4n) is 2.09. The number of amides is 1. The first-order chi connectivity index (χ1) is 11.0. The van der Waals surface area contributed by atoms with Crippen LogP contribution in [0.15, 0.2) is 42.5 Å². The van der Waals surface area contributed by atoms with E-state index in [1.54, 1.807) is 25.2 Å². The van der Waals surface area contributed by atoms with Crippen LogP contribution < -0.4 is 15.4 Å². The molecule has 1 amide bonds. The molecule has 0 saturated heterocycles. The lowest BCUT2D eigenvalue weighted by molar-refractivity contribution is 0.0696. The molecule has 2 aromatic carbocycles. The Balaban J connectivity index is 2.12. The summed E-state index contributed by atoms with van der Waals surface area (Å²) in [6, 6.07) is 11.8. The minimum atomic E-state index is -0.995. The molecule has 6 nitrogen and oxygen atoms in total. The summed E-state index contributed by atoms with van der Waals surface area (Å²) in [6.07, 6.45) is 0. The first-order valence-electron chi connectivity index (χ1n) is 7.01. The van der Waals surface area contributed by atoms with Crippen LogP contribution >= 0.6 is 0 Å². The third-order valence-electron chi connectivity index (χ3n) is 3.37. The van der Waals surface area contributed by atoms with Gasteiger partial charge >= 0.3 is 5.97 Å². The van der Waals surface area contributed by atoms with Gasteiger partial charge in [0.25, 0.3) is 5.91 Å². The molecule has 0 aliphatic carbocycles. The van der Waals surface area contributed by atoms with E-state index in [2.05, 4.69) is 10.6 Å². The van der Waals surface area contributed by atoms with Crippen LogP contribution in [-0.2, 0) is 6.54 Å². The van der Waals surface area contributed by atoms with Gasteiger partial charge in [-0.15, -0.1) is 0 Å². The zero-order valence-electron chi connectivity index (χ0n) is 12.9. The maximum Gasteiger partial charge on any atom is 0.335 e. The zero-order valence-corrected chi connectivity index (χ0v) is 12.9. The lowest BCUT2D eigenvalue weighted by Crippen LogP contribution is -2.17. The molecule has 0 aliphatic rings. The topological polar surface area (TPSA) is 87.7 Å². The van der Waals surface area contributed by atoms with Gasteiger partial charge in [0.05, 0.1) is 18.4 Å². The van der Waals surface area contributed by atoms with Crippen LogP contribution in [0.1, 0.15) is 26.3 Å². The number of carbonyl (C=O) groups is 2. The van der Waals surface area contributed by atoms with Crippen LogP contribution in [0.4, 0.5) is 5.69 Å². The van der Waals surface area contributed by atoms with Crippen LogP contribution in [-0.4, -0.2) is 31.1 Å². The predicted octanol–water partition coefficient (Wildman–Crippen LogP) is 2.37. The molecule has 0 aromatic heterocycles. The van der Waals surface area contributed by atoms with E-state index in [1.807, 2.05) is 12.1 Å². The summed E-state index contributed by atoms with van der Waals surface area (Å²) >= 11 is 0. The Bertz CT molecular complexity index is 711. The average molecular weight is 314 g/mol. The summed E-state index contributed by atoms with van der Waals surface area (Å²) in [7, 11) is 3.11. The summed E-state index contributed by atoms with van der Waals surface area (Å²) in [6.45, 7) is 0.480. The van der Waals surface area contributed by atoms with Crippen molar-refractivity contribution in [1.29, 1.82) is 0 Å². The van der Waals surface area contributed by atoms with Crippen molar-refractivity contribution in [1.82, 2.24) is 5.32 Å². The summed E-state index contributed by atoms with van der Waals surface area (Å²) in [5, 5.41) is 14.8. The number of ether oxygens (including phenoxy) is 1. The van der Waals surface area contributed by atoms with E-state index in [0.29, 0.717) is 23.5 Å². The molecule has 3 N–H and O–H groups in total. The van der Waals surface area contributed by atoms with E-state index < -0.39 is 5.97 Å². The third-order valence-corrected chi connectivity index (χ3v) is 3.37. The number of aromatic carboxylic acids is 1. The van der Waals surface area contributed by atoms with Gasteiger partial charge in [-0.25, -0.2) is 4.79 Å². The maximum absolute atomic E-state index is 11.5. The fourth-order valence-corrected chi connectivity index (χ4v) is 2.09. The summed E-state index contributed by atoms with van der Waals surface area (Å²) in [5.74, 6) is -0.567. The predicted molar refractivity (Wildman–Crippen MR) is 87.1 cm³/mol. The number of methoxy groups -OCH3 is 1. The zero-order chi connectivity index (χ0) is 16.8. The van der Waals surface area contributed by atoms with Crippen molar-refractivity contribution in [3.05, 3.63) is 59.2 Å². The third kappa shape index (κ3) is 4.00. The molecule has 0 aliphatic heterocycles. The minimum absolute atomic E-state index is 0.139. The van der Waals surface area contributed by atoms with Crippen molar-refractivity contribution in [2.75, 3.05) is 19.5 Å². The number of nitrogens with one attached hydrogen (secondary N) is 2. The van der Waals surface area contributed by atoms with Crippen LogP contribution in [0.3, 0.4) is 0 Å². The first-order valence-corrected chi connectivity index (χ1v) is 7.01. The fraction of sp³-hybridized carbons (Fsp3) is 0.176. The van der Waals surface area contributed by atoms with Crippen molar-refractivity contribution in [3.63, 3.8) is 0 Å². The number of hydrogen-bond donors (Lipinski definition) is 3. The molecule has 2 aromatic rings. The highest BCUT2D eigenvalue weighted by Gasteiger charge is 2.09. The number of benzene rings is 2. The normalized spacial score (nSPS) is 10.0. The van der Waals surface area contributed by atoms with Gasteiger partial charge in [0.15, 0.2) is 0 Å². The highest BCUT2D eigenvalue weighted by molar-refractivity contribution is 5.94. The van der Waals surface area contributed by atoms with Crippen LogP contribution in [0, 0.1) is 0 Å². The Hall–Kier alpha value is -3.02. The van der Waals surface area contributed by atoms with E-state index >= 15 is 0 Å². The van der Waals surface area contributed by atoms with Crippen LogP contribution in [0.2, 0.25) is 0 Å². The summed E-state index contributed by atoms with van der Waals surface area (Å²) in [4.78, 5) is 22.5. The van der Waals surface area contributed by atoms with Gasteiger partial charge in [0, 0.05) is 19.2 Å². The molecular weight excluding hydrogens is 296 g/mol.